The zero-order valence-corrected chi connectivity index (χ0v) is 19.1. The van der Waals surface area contributed by atoms with Crippen molar-refractivity contribution in [1.82, 2.24) is 0 Å². The Hall–Kier alpha value is -2.88. The van der Waals surface area contributed by atoms with Crippen LogP contribution in [-0.2, 0) is 16.0 Å². The van der Waals surface area contributed by atoms with Gasteiger partial charge in [0.1, 0.15) is 5.75 Å². The second-order valence-corrected chi connectivity index (χ2v) is 8.60. The minimum absolute atomic E-state index is 0.305. The fraction of sp³-hybridized carbons (Fsp3) is 0.429. The summed E-state index contributed by atoms with van der Waals surface area (Å²) in [5.41, 5.74) is 2.95. The predicted molar refractivity (Wildman–Crippen MR) is 127 cm³/mol. The SMILES string of the molecule is C=CC(=O)OCCC[C@H]1CC[C@H](c2ccc(C(=O)Oc3ccccc3CCC)cc2)CC1. The van der Waals surface area contributed by atoms with Gasteiger partial charge in [-0.1, -0.05) is 50.3 Å². The van der Waals surface area contributed by atoms with Gasteiger partial charge in [0.25, 0.3) is 0 Å². The molecule has 1 aliphatic rings. The number of hydrogen-bond acceptors (Lipinski definition) is 4. The van der Waals surface area contributed by atoms with E-state index in [4.69, 9.17) is 9.47 Å². The summed E-state index contributed by atoms with van der Waals surface area (Å²) in [6.07, 6.45) is 9.82. The highest BCUT2D eigenvalue weighted by Crippen LogP contribution is 2.37. The van der Waals surface area contributed by atoms with E-state index in [1.165, 1.54) is 24.5 Å². The summed E-state index contributed by atoms with van der Waals surface area (Å²) in [6, 6.07) is 15.7. The zero-order valence-electron chi connectivity index (χ0n) is 19.1. The molecule has 0 atom stereocenters. The number of rotatable bonds is 10. The summed E-state index contributed by atoms with van der Waals surface area (Å²) in [5, 5.41) is 0. The van der Waals surface area contributed by atoms with E-state index in [2.05, 4.69) is 25.6 Å². The lowest BCUT2D eigenvalue weighted by atomic mass is 9.77. The predicted octanol–water partition coefficient (Wildman–Crippen LogP) is 6.64. The van der Waals surface area contributed by atoms with Crippen LogP contribution >= 0.6 is 0 Å². The molecule has 0 N–H and O–H groups in total. The molecule has 2 aromatic rings. The standard InChI is InChI=1S/C28H34O4/c1-3-8-24-10-5-6-11-26(24)32-28(30)25-18-16-23(17-19-25)22-14-12-21(13-15-22)9-7-20-31-27(29)4-2/h4-6,10-11,16-19,21-22H,2-3,7-9,12-15,20H2,1H3/t21-,22-. The first-order chi connectivity index (χ1) is 15.6. The fourth-order valence-corrected chi connectivity index (χ4v) is 4.52. The van der Waals surface area contributed by atoms with E-state index in [0.717, 1.165) is 44.1 Å². The van der Waals surface area contributed by atoms with E-state index in [1.54, 1.807) is 0 Å². The summed E-state index contributed by atoms with van der Waals surface area (Å²) >= 11 is 0. The number of carbonyl (C=O) groups excluding carboxylic acids is 2. The minimum Gasteiger partial charge on any atom is -0.463 e. The number of benzene rings is 2. The van der Waals surface area contributed by atoms with Gasteiger partial charge in [0.2, 0.25) is 0 Å². The molecule has 0 aromatic heterocycles. The average molecular weight is 435 g/mol. The number of esters is 2. The highest BCUT2D eigenvalue weighted by Gasteiger charge is 2.22. The second-order valence-electron chi connectivity index (χ2n) is 8.60. The van der Waals surface area contributed by atoms with E-state index < -0.39 is 0 Å². The molecule has 170 valence electrons. The zero-order chi connectivity index (χ0) is 22.8. The first-order valence-corrected chi connectivity index (χ1v) is 11.8. The molecule has 0 aliphatic heterocycles. The lowest BCUT2D eigenvalue weighted by Gasteiger charge is -2.29. The number of ether oxygens (including phenoxy) is 2. The summed E-state index contributed by atoms with van der Waals surface area (Å²) < 4.78 is 10.7. The molecule has 0 radical (unpaired) electrons. The number of para-hydroxylation sites is 1. The molecule has 3 rings (SSSR count). The third-order valence-electron chi connectivity index (χ3n) is 6.33. The number of hydrogen-bond donors (Lipinski definition) is 0. The van der Waals surface area contributed by atoms with Crippen LogP contribution in [0.4, 0.5) is 0 Å². The van der Waals surface area contributed by atoms with Crippen molar-refractivity contribution < 1.29 is 19.1 Å². The van der Waals surface area contributed by atoms with Crippen LogP contribution in [0.25, 0.3) is 0 Å². The molecule has 1 aliphatic carbocycles. The summed E-state index contributed by atoms with van der Waals surface area (Å²) in [5.74, 6) is 1.25. The Morgan fingerprint density at radius 2 is 1.75 bits per heavy atom. The Morgan fingerprint density at radius 3 is 2.44 bits per heavy atom. The van der Waals surface area contributed by atoms with Crippen LogP contribution in [0.3, 0.4) is 0 Å². The molecular formula is C28H34O4. The summed E-state index contributed by atoms with van der Waals surface area (Å²) in [6.45, 7) is 6.00. The van der Waals surface area contributed by atoms with Gasteiger partial charge in [-0.05, 0) is 86.1 Å². The largest absolute Gasteiger partial charge is 0.463 e. The normalized spacial score (nSPS) is 18.0. The van der Waals surface area contributed by atoms with Crippen molar-refractivity contribution >= 4 is 11.9 Å². The molecule has 0 bridgehead atoms. The second kappa shape index (κ2) is 12.2. The van der Waals surface area contributed by atoms with Gasteiger partial charge in [-0.2, -0.15) is 0 Å². The van der Waals surface area contributed by atoms with Crippen LogP contribution in [0, 0.1) is 5.92 Å². The maximum Gasteiger partial charge on any atom is 0.343 e. The molecule has 4 nitrogen and oxygen atoms in total. The van der Waals surface area contributed by atoms with Crippen molar-refractivity contribution in [2.75, 3.05) is 6.61 Å². The molecule has 0 saturated heterocycles. The highest BCUT2D eigenvalue weighted by atomic mass is 16.5. The monoisotopic (exact) mass is 434 g/mol. The van der Waals surface area contributed by atoms with E-state index in [-0.39, 0.29) is 11.9 Å². The quantitative estimate of drug-likeness (QED) is 0.182. The molecule has 0 spiro atoms. The Morgan fingerprint density at radius 1 is 1.03 bits per heavy atom. The summed E-state index contributed by atoms with van der Waals surface area (Å²) in [4.78, 5) is 23.7. The van der Waals surface area contributed by atoms with Crippen LogP contribution < -0.4 is 4.74 Å². The van der Waals surface area contributed by atoms with Crippen LogP contribution in [-0.4, -0.2) is 18.5 Å². The van der Waals surface area contributed by atoms with Crippen molar-refractivity contribution in [2.24, 2.45) is 5.92 Å². The maximum absolute atomic E-state index is 12.6. The molecule has 32 heavy (non-hydrogen) atoms. The van der Waals surface area contributed by atoms with Gasteiger partial charge in [-0.3, -0.25) is 0 Å². The van der Waals surface area contributed by atoms with Crippen LogP contribution in [0.2, 0.25) is 0 Å². The van der Waals surface area contributed by atoms with Crippen LogP contribution in [0.1, 0.15) is 79.3 Å². The average Bonchev–Trinajstić information content (AvgIpc) is 2.83. The van der Waals surface area contributed by atoms with Crippen molar-refractivity contribution in [3.63, 3.8) is 0 Å². The van der Waals surface area contributed by atoms with Crippen molar-refractivity contribution in [3.8, 4) is 5.75 Å². The molecule has 1 saturated carbocycles. The topological polar surface area (TPSA) is 52.6 Å². The van der Waals surface area contributed by atoms with Gasteiger partial charge in [0.15, 0.2) is 0 Å². The van der Waals surface area contributed by atoms with Gasteiger partial charge in [0.05, 0.1) is 12.2 Å². The highest BCUT2D eigenvalue weighted by molar-refractivity contribution is 5.91. The van der Waals surface area contributed by atoms with Gasteiger partial charge in [-0.25, -0.2) is 9.59 Å². The molecule has 4 heteroatoms. The minimum atomic E-state index is -0.341. The molecular weight excluding hydrogens is 400 g/mol. The molecule has 0 unspecified atom stereocenters. The lowest BCUT2D eigenvalue weighted by molar-refractivity contribution is -0.137. The van der Waals surface area contributed by atoms with E-state index in [1.807, 2.05) is 36.4 Å². The number of carbonyl (C=O) groups is 2. The molecule has 2 aromatic carbocycles. The van der Waals surface area contributed by atoms with Gasteiger partial charge in [-0.15, -0.1) is 0 Å². The van der Waals surface area contributed by atoms with E-state index >= 15 is 0 Å². The Balaban J connectivity index is 1.47. The van der Waals surface area contributed by atoms with Crippen molar-refractivity contribution in [1.29, 1.82) is 0 Å². The first-order valence-electron chi connectivity index (χ1n) is 11.8. The fourth-order valence-electron chi connectivity index (χ4n) is 4.52. The Labute approximate surface area is 191 Å². The Kier molecular flexibility index (Phi) is 9.09. The third kappa shape index (κ3) is 6.81. The number of aryl methyl sites for hydroxylation is 1. The van der Waals surface area contributed by atoms with Crippen molar-refractivity contribution in [3.05, 3.63) is 77.9 Å². The lowest BCUT2D eigenvalue weighted by Crippen LogP contribution is -2.15. The maximum atomic E-state index is 12.6. The third-order valence-corrected chi connectivity index (χ3v) is 6.33. The van der Waals surface area contributed by atoms with Crippen LogP contribution in [0.5, 0.6) is 5.75 Å². The van der Waals surface area contributed by atoms with Gasteiger partial charge >= 0.3 is 11.9 Å². The molecule has 0 amide bonds. The molecule has 0 heterocycles. The first kappa shape index (κ1) is 23.8. The van der Waals surface area contributed by atoms with Gasteiger partial charge in [0, 0.05) is 6.08 Å². The Bertz CT molecular complexity index is 892. The van der Waals surface area contributed by atoms with E-state index in [0.29, 0.717) is 29.8 Å². The van der Waals surface area contributed by atoms with Gasteiger partial charge < -0.3 is 9.47 Å². The molecule has 1 fully saturated rings. The smallest absolute Gasteiger partial charge is 0.343 e. The summed E-state index contributed by atoms with van der Waals surface area (Å²) in [7, 11) is 0. The van der Waals surface area contributed by atoms with Crippen LogP contribution in [0.15, 0.2) is 61.2 Å². The van der Waals surface area contributed by atoms with E-state index in [9.17, 15) is 9.59 Å². The van der Waals surface area contributed by atoms with Crippen molar-refractivity contribution in [2.45, 2.75) is 64.2 Å².